The maximum Gasteiger partial charge on any atom is 0.221 e. The van der Waals surface area contributed by atoms with E-state index in [-0.39, 0.29) is 0 Å². The van der Waals surface area contributed by atoms with Crippen LogP contribution in [0.1, 0.15) is 44.5 Å². The van der Waals surface area contributed by atoms with Crippen LogP contribution in [0.25, 0.3) is 0 Å². The first-order valence-corrected chi connectivity index (χ1v) is 6.40. The Bertz CT molecular complexity index is 353. The van der Waals surface area contributed by atoms with E-state index in [0.29, 0.717) is 0 Å². The highest BCUT2D eigenvalue weighted by molar-refractivity contribution is 5.48. The number of rotatable bonds is 7. The maximum atomic E-state index is 5.73. The summed E-state index contributed by atoms with van der Waals surface area (Å²) < 4.78 is 5.73. The Hall–Kier alpha value is -1.32. The molecule has 0 saturated heterocycles. The first-order chi connectivity index (χ1) is 8.22. The second-order valence-electron chi connectivity index (χ2n) is 4.08. The van der Waals surface area contributed by atoms with Crippen molar-refractivity contribution < 1.29 is 4.74 Å². The summed E-state index contributed by atoms with van der Waals surface area (Å²) in [4.78, 5) is 8.84. The van der Waals surface area contributed by atoms with Gasteiger partial charge in [0.2, 0.25) is 5.88 Å². The lowest BCUT2D eigenvalue weighted by Crippen LogP contribution is -2.07. The van der Waals surface area contributed by atoms with Gasteiger partial charge in [-0.05, 0) is 13.3 Å². The summed E-state index contributed by atoms with van der Waals surface area (Å²) in [6, 6.07) is 0. The van der Waals surface area contributed by atoms with Crippen molar-refractivity contribution in [2.45, 2.75) is 46.5 Å². The van der Waals surface area contributed by atoms with Gasteiger partial charge < -0.3 is 10.1 Å². The van der Waals surface area contributed by atoms with E-state index in [9.17, 15) is 0 Å². The van der Waals surface area contributed by atoms with Crippen LogP contribution in [-0.4, -0.2) is 23.6 Å². The van der Waals surface area contributed by atoms with Gasteiger partial charge >= 0.3 is 0 Å². The molecule has 0 amide bonds. The highest BCUT2D eigenvalue weighted by Crippen LogP contribution is 2.22. The third-order valence-corrected chi connectivity index (χ3v) is 2.69. The normalized spacial score (nSPS) is 10.4. The Morgan fingerprint density at radius 2 is 1.94 bits per heavy atom. The van der Waals surface area contributed by atoms with Crippen molar-refractivity contribution >= 4 is 5.82 Å². The van der Waals surface area contributed by atoms with Gasteiger partial charge in [-0.3, -0.25) is 0 Å². The fraction of sp³-hybridized carbons (Fsp3) is 0.692. The monoisotopic (exact) mass is 237 g/mol. The molecule has 96 valence electrons. The highest BCUT2D eigenvalue weighted by atomic mass is 16.5. The van der Waals surface area contributed by atoms with Gasteiger partial charge in [-0.25, -0.2) is 4.98 Å². The molecule has 0 aliphatic rings. The standard InChI is InChI=1S/C13H23N3O/c1-5-7-8-9-17-13-10(3)12(14-4)15-11(6-2)16-13/h5-9H2,1-4H3,(H,14,15,16). The summed E-state index contributed by atoms with van der Waals surface area (Å²) in [5.41, 5.74) is 0.987. The van der Waals surface area contributed by atoms with E-state index in [1.807, 2.05) is 20.9 Å². The molecule has 1 heterocycles. The fourth-order valence-corrected chi connectivity index (χ4v) is 1.60. The summed E-state index contributed by atoms with van der Waals surface area (Å²) in [6.07, 6.45) is 4.30. The number of nitrogens with one attached hydrogen (secondary N) is 1. The van der Waals surface area contributed by atoms with E-state index in [1.54, 1.807) is 0 Å². The summed E-state index contributed by atoms with van der Waals surface area (Å²) in [5.74, 6) is 2.41. The van der Waals surface area contributed by atoms with Crippen LogP contribution < -0.4 is 10.1 Å². The van der Waals surface area contributed by atoms with Crippen LogP contribution in [0.2, 0.25) is 0 Å². The molecule has 1 N–H and O–H groups in total. The fourth-order valence-electron chi connectivity index (χ4n) is 1.60. The summed E-state index contributed by atoms with van der Waals surface area (Å²) in [5, 5.41) is 3.08. The highest BCUT2D eigenvalue weighted by Gasteiger charge is 2.09. The SMILES string of the molecule is CCCCCOc1nc(CC)nc(NC)c1C. The third kappa shape index (κ3) is 3.88. The van der Waals surface area contributed by atoms with Crippen molar-refractivity contribution in [3.63, 3.8) is 0 Å². The van der Waals surface area contributed by atoms with Gasteiger partial charge in [0, 0.05) is 13.5 Å². The average molecular weight is 237 g/mol. The number of ether oxygens (including phenoxy) is 1. The molecule has 17 heavy (non-hydrogen) atoms. The third-order valence-electron chi connectivity index (χ3n) is 2.69. The van der Waals surface area contributed by atoms with Crippen molar-refractivity contribution in [3.05, 3.63) is 11.4 Å². The van der Waals surface area contributed by atoms with Crippen LogP contribution in [0.15, 0.2) is 0 Å². The number of hydrogen-bond donors (Lipinski definition) is 1. The van der Waals surface area contributed by atoms with E-state index in [4.69, 9.17) is 4.74 Å². The zero-order valence-corrected chi connectivity index (χ0v) is 11.3. The molecule has 0 unspecified atom stereocenters. The van der Waals surface area contributed by atoms with Crippen LogP contribution in [0, 0.1) is 6.92 Å². The molecule has 0 fully saturated rings. The molecule has 0 aliphatic carbocycles. The van der Waals surface area contributed by atoms with E-state index >= 15 is 0 Å². The minimum absolute atomic E-state index is 0.720. The molecular weight excluding hydrogens is 214 g/mol. The number of aromatic nitrogens is 2. The Morgan fingerprint density at radius 3 is 2.53 bits per heavy atom. The lowest BCUT2D eigenvalue weighted by Gasteiger charge is -2.12. The largest absolute Gasteiger partial charge is 0.477 e. The minimum Gasteiger partial charge on any atom is -0.477 e. The second kappa shape index (κ2) is 7.09. The molecule has 0 saturated carbocycles. The van der Waals surface area contributed by atoms with Gasteiger partial charge in [0.25, 0.3) is 0 Å². The van der Waals surface area contributed by atoms with Crippen LogP contribution in [0.3, 0.4) is 0 Å². The Morgan fingerprint density at radius 1 is 1.18 bits per heavy atom. The number of hydrogen-bond acceptors (Lipinski definition) is 4. The van der Waals surface area contributed by atoms with E-state index in [1.165, 1.54) is 12.8 Å². The molecule has 0 aliphatic heterocycles. The molecule has 0 radical (unpaired) electrons. The summed E-state index contributed by atoms with van der Waals surface area (Å²) in [7, 11) is 1.87. The number of nitrogens with zero attached hydrogens (tertiary/aromatic N) is 2. The molecule has 4 nitrogen and oxygen atoms in total. The lowest BCUT2D eigenvalue weighted by molar-refractivity contribution is 0.291. The van der Waals surface area contributed by atoms with Crippen molar-refractivity contribution in [1.29, 1.82) is 0 Å². The van der Waals surface area contributed by atoms with Crippen LogP contribution in [-0.2, 0) is 6.42 Å². The second-order valence-corrected chi connectivity index (χ2v) is 4.08. The Balaban J connectivity index is 2.75. The van der Waals surface area contributed by atoms with Gasteiger partial charge in [-0.15, -0.1) is 0 Å². The number of aryl methyl sites for hydroxylation is 1. The van der Waals surface area contributed by atoms with Gasteiger partial charge in [0.1, 0.15) is 11.6 Å². The predicted octanol–water partition coefficient (Wildman–Crippen LogP) is 2.96. The van der Waals surface area contributed by atoms with Gasteiger partial charge in [-0.2, -0.15) is 4.98 Å². The van der Waals surface area contributed by atoms with Crippen LogP contribution in [0.5, 0.6) is 5.88 Å². The molecule has 1 rings (SSSR count). The lowest BCUT2D eigenvalue weighted by atomic mass is 10.2. The quantitative estimate of drug-likeness (QED) is 0.741. The number of unbranched alkanes of at least 4 members (excludes halogenated alkanes) is 2. The average Bonchev–Trinajstić information content (AvgIpc) is 2.36. The van der Waals surface area contributed by atoms with Crippen molar-refractivity contribution in [2.24, 2.45) is 0 Å². The van der Waals surface area contributed by atoms with Gasteiger partial charge in [0.15, 0.2) is 0 Å². The first kappa shape index (κ1) is 13.7. The van der Waals surface area contributed by atoms with Crippen molar-refractivity contribution in [2.75, 3.05) is 19.0 Å². The number of anilines is 1. The molecule has 0 spiro atoms. The Labute approximate surface area is 104 Å². The van der Waals surface area contributed by atoms with Crippen LogP contribution >= 0.6 is 0 Å². The molecule has 0 atom stereocenters. The minimum atomic E-state index is 0.720. The molecule has 1 aromatic heterocycles. The summed E-state index contributed by atoms with van der Waals surface area (Å²) in [6.45, 7) is 6.95. The van der Waals surface area contributed by atoms with E-state index < -0.39 is 0 Å². The Kier molecular flexibility index (Phi) is 5.73. The van der Waals surface area contributed by atoms with Crippen LogP contribution in [0.4, 0.5) is 5.82 Å². The molecule has 0 bridgehead atoms. The molecule has 4 heteroatoms. The molecule has 0 aromatic carbocycles. The zero-order valence-electron chi connectivity index (χ0n) is 11.3. The molecule has 1 aromatic rings. The summed E-state index contributed by atoms with van der Waals surface area (Å²) >= 11 is 0. The van der Waals surface area contributed by atoms with E-state index in [0.717, 1.165) is 42.5 Å². The van der Waals surface area contributed by atoms with E-state index in [2.05, 4.69) is 22.2 Å². The first-order valence-electron chi connectivity index (χ1n) is 6.40. The van der Waals surface area contributed by atoms with Gasteiger partial charge in [0.05, 0.1) is 12.2 Å². The van der Waals surface area contributed by atoms with Crippen molar-refractivity contribution in [1.82, 2.24) is 9.97 Å². The topological polar surface area (TPSA) is 47.0 Å². The predicted molar refractivity (Wildman–Crippen MR) is 70.7 cm³/mol. The van der Waals surface area contributed by atoms with Crippen molar-refractivity contribution in [3.8, 4) is 5.88 Å². The smallest absolute Gasteiger partial charge is 0.221 e. The maximum absolute atomic E-state index is 5.73. The van der Waals surface area contributed by atoms with Gasteiger partial charge in [-0.1, -0.05) is 26.7 Å². The molecular formula is C13H23N3O. The zero-order chi connectivity index (χ0) is 12.7.